The number of nitrogens with zero attached hydrogens (tertiary/aromatic N) is 2. The van der Waals surface area contributed by atoms with Crippen molar-refractivity contribution in [3.8, 4) is 5.75 Å². The van der Waals surface area contributed by atoms with E-state index in [0.717, 1.165) is 0 Å². The predicted octanol–water partition coefficient (Wildman–Crippen LogP) is 3.11. The van der Waals surface area contributed by atoms with E-state index < -0.39 is 5.97 Å². The van der Waals surface area contributed by atoms with Gasteiger partial charge in [0.25, 0.3) is 0 Å². The average molecular weight is 314 g/mol. The van der Waals surface area contributed by atoms with Crippen LogP contribution in [0.2, 0.25) is 5.02 Å². The van der Waals surface area contributed by atoms with E-state index in [1.807, 2.05) is 0 Å². The first kappa shape index (κ1) is 12.0. The highest BCUT2D eigenvalue weighted by Crippen LogP contribution is 2.17. The Hall–Kier alpha value is -1.46. The quantitative estimate of drug-likeness (QED) is 0.799. The number of pyridine rings is 2. The lowest BCUT2D eigenvalue weighted by Gasteiger charge is -2.03. The van der Waals surface area contributed by atoms with Gasteiger partial charge in [0.05, 0.1) is 16.8 Å². The Morgan fingerprint density at radius 3 is 2.65 bits per heavy atom. The summed E-state index contributed by atoms with van der Waals surface area (Å²) in [5.74, 6) is -0.217. The molecular weight excluding hydrogens is 307 g/mol. The zero-order valence-corrected chi connectivity index (χ0v) is 10.8. The molecule has 6 heteroatoms. The minimum absolute atomic E-state index is 0.294. The van der Waals surface area contributed by atoms with Crippen molar-refractivity contribution in [2.75, 3.05) is 0 Å². The molecule has 0 radical (unpaired) electrons. The molecule has 0 N–H and O–H groups in total. The molecule has 17 heavy (non-hydrogen) atoms. The van der Waals surface area contributed by atoms with Gasteiger partial charge in [-0.05, 0) is 22.0 Å². The van der Waals surface area contributed by atoms with Crippen molar-refractivity contribution in [2.24, 2.45) is 0 Å². The number of aromatic nitrogens is 2. The zero-order valence-electron chi connectivity index (χ0n) is 8.43. The summed E-state index contributed by atoms with van der Waals surface area (Å²) in [6, 6.07) is 3.13. The third-order valence-corrected chi connectivity index (χ3v) is 2.47. The highest BCUT2D eigenvalue weighted by Gasteiger charge is 2.09. The van der Waals surface area contributed by atoms with E-state index in [4.69, 9.17) is 16.3 Å². The normalized spacial score (nSPS) is 10.0. The van der Waals surface area contributed by atoms with Crippen LogP contribution in [0, 0.1) is 0 Å². The molecular formula is C11H6BrClN2O2. The first-order valence-electron chi connectivity index (χ1n) is 4.58. The summed E-state index contributed by atoms with van der Waals surface area (Å²) in [4.78, 5) is 19.4. The molecule has 86 valence electrons. The van der Waals surface area contributed by atoms with Crippen LogP contribution in [0.1, 0.15) is 10.4 Å². The van der Waals surface area contributed by atoms with Crippen LogP contribution in [0.5, 0.6) is 5.75 Å². The summed E-state index contributed by atoms with van der Waals surface area (Å²) in [6.07, 6.45) is 5.87. The van der Waals surface area contributed by atoms with Gasteiger partial charge in [-0.25, -0.2) is 4.79 Å². The summed E-state index contributed by atoms with van der Waals surface area (Å²) in [5, 5.41) is 0.405. The van der Waals surface area contributed by atoms with Crippen LogP contribution < -0.4 is 4.74 Å². The van der Waals surface area contributed by atoms with E-state index in [1.165, 1.54) is 24.7 Å². The molecule has 0 saturated carbocycles. The molecule has 0 aliphatic carbocycles. The van der Waals surface area contributed by atoms with E-state index in [9.17, 15) is 4.79 Å². The SMILES string of the molecule is O=C(Oc1cncc(Cl)c1)c1cncc(Br)c1. The average Bonchev–Trinajstić information content (AvgIpc) is 2.29. The van der Waals surface area contributed by atoms with Gasteiger partial charge in [0, 0.05) is 29.1 Å². The Bertz CT molecular complexity index is 563. The Balaban J connectivity index is 2.17. The van der Waals surface area contributed by atoms with Crippen LogP contribution in [0.25, 0.3) is 0 Å². The van der Waals surface area contributed by atoms with Gasteiger partial charge in [-0.3, -0.25) is 9.97 Å². The number of halogens is 2. The molecule has 0 spiro atoms. The lowest BCUT2D eigenvalue weighted by atomic mass is 10.3. The minimum Gasteiger partial charge on any atom is -0.421 e. The fourth-order valence-corrected chi connectivity index (χ4v) is 1.67. The highest BCUT2D eigenvalue weighted by atomic mass is 79.9. The number of rotatable bonds is 2. The molecule has 2 rings (SSSR count). The van der Waals surface area contributed by atoms with Crippen LogP contribution in [0.3, 0.4) is 0 Å². The van der Waals surface area contributed by atoms with Gasteiger partial charge < -0.3 is 4.74 Å². The van der Waals surface area contributed by atoms with E-state index in [1.54, 1.807) is 12.3 Å². The minimum atomic E-state index is -0.511. The Morgan fingerprint density at radius 1 is 1.18 bits per heavy atom. The fourth-order valence-electron chi connectivity index (χ4n) is 1.14. The van der Waals surface area contributed by atoms with E-state index >= 15 is 0 Å². The lowest BCUT2D eigenvalue weighted by Crippen LogP contribution is -2.08. The summed E-state index contributed by atoms with van der Waals surface area (Å²) in [7, 11) is 0. The second kappa shape index (κ2) is 5.25. The molecule has 0 unspecified atom stereocenters. The molecule has 0 aromatic carbocycles. The molecule has 0 bridgehead atoms. The maximum Gasteiger partial charge on any atom is 0.345 e. The zero-order chi connectivity index (χ0) is 12.3. The van der Waals surface area contributed by atoms with Crippen molar-refractivity contribution in [3.63, 3.8) is 0 Å². The van der Waals surface area contributed by atoms with Crippen molar-refractivity contribution >= 4 is 33.5 Å². The molecule has 0 aliphatic rings. The van der Waals surface area contributed by atoms with Crippen LogP contribution in [-0.2, 0) is 0 Å². The fraction of sp³-hybridized carbons (Fsp3) is 0. The summed E-state index contributed by atoms with van der Waals surface area (Å²) >= 11 is 8.95. The second-order valence-corrected chi connectivity index (χ2v) is 4.47. The number of esters is 1. The smallest absolute Gasteiger partial charge is 0.345 e. The Morgan fingerprint density at radius 2 is 1.94 bits per heavy atom. The largest absolute Gasteiger partial charge is 0.421 e. The van der Waals surface area contributed by atoms with Gasteiger partial charge in [0.15, 0.2) is 5.75 Å². The topological polar surface area (TPSA) is 52.1 Å². The van der Waals surface area contributed by atoms with Gasteiger partial charge in [0.1, 0.15) is 0 Å². The predicted molar refractivity (Wildman–Crippen MR) is 66.1 cm³/mol. The highest BCUT2D eigenvalue weighted by molar-refractivity contribution is 9.10. The number of carbonyl (C=O) groups excluding carboxylic acids is 1. The monoisotopic (exact) mass is 312 g/mol. The van der Waals surface area contributed by atoms with Gasteiger partial charge in [-0.2, -0.15) is 0 Å². The summed E-state index contributed by atoms with van der Waals surface area (Å²) in [5.41, 5.74) is 0.347. The number of hydrogen-bond donors (Lipinski definition) is 0. The van der Waals surface area contributed by atoms with E-state index in [2.05, 4.69) is 25.9 Å². The first-order chi connectivity index (χ1) is 8.15. The molecule has 0 fully saturated rings. The third-order valence-electron chi connectivity index (χ3n) is 1.83. The number of hydrogen-bond acceptors (Lipinski definition) is 4. The van der Waals surface area contributed by atoms with Crippen LogP contribution in [-0.4, -0.2) is 15.9 Å². The van der Waals surface area contributed by atoms with Gasteiger partial charge in [-0.1, -0.05) is 11.6 Å². The van der Waals surface area contributed by atoms with Crippen LogP contribution in [0.15, 0.2) is 41.4 Å². The summed E-state index contributed by atoms with van der Waals surface area (Å²) in [6.45, 7) is 0. The van der Waals surface area contributed by atoms with E-state index in [0.29, 0.717) is 20.8 Å². The summed E-state index contributed by atoms with van der Waals surface area (Å²) < 4.78 is 5.79. The molecule has 0 aliphatic heterocycles. The molecule has 2 aromatic rings. The van der Waals surface area contributed by atoms with Crippen molar-refractivity contribution in [1.29, 1.82) is 0 Å². The molecule has 2 heterocycles. The van der Waals surface area contributed by atoms with Crippen molar-refractivity contribution in [2.45, 2.75) is 0 Å². The molecule has 0 atom stereocenters. The first-order valence-corrected chi connectivity index (χ1v) is 5.75. The van der Waals surface area contributed by atoms with Gasteiger partial charge in [0.2, 0.25) is 0 Å². The maximum absolute atomic E-state index is 11.7. The van der Waals surface area contributed by atoms with Gasteiger partial charge >= 0.3 is 5.97 Å². The standard InChI is InChI=1S/C11H6BrClN2O2/c12-8-1-7(3-14-4-8)11(16)17-10-2-9(13)5-15-6-10/h1-6H. The second-order valence-electron chi connectivity index (χ2n) is 3.12. The Kier molecular flexibility index (Phi) is 3.71. The molecule has 0 saturated heterocycles. The number of ether oxygens (including phenoxy) is 1. The van der Waals surface area contributed by atoms with Gasteiger partial charge in [-0.15, -0.1) is 0 Å². The van der Waals surface area contributed by atoms with Crippen molar-refractivity contribution < 1.29 is 9.53 Å². The van der Waals surface area contributed by atoms with Crippen molar-refractivity contribution in [3.05, 3.63) is 52.0 Å². The molecule has 4 nitrogen and oxygen atoms in total. The van der Waals surface area contributed by atoms with Crippen molar-refractivity contribution in [1.82, 2.24) is 9.97 Å². The lowest BCUT2D eigenvalue weighted by molar-refractivity contribution is 0.0733. The number of carbonyl (C=O) groups is 1. The van der Waals surface area contributed by atoms with E-state index in [-0.39, 0.29) is 0 Å². The molecule has 0 amide bonds. The Labute approximate surface area is 111 Å². The third kappa shape index (κ3) is 3.25. The molecule has 2 aromatic heterocycles. The maximum atomic E-state index is 11.7. The van der Waals surface area contributed by atoms with Crippen LogP contribution >= 0.6 is 27.5 Å². The van der Waals surface area contributed by atoms with Crippen LogP contribution in [0.4, 0.5) is 0 Å².